The van der Waals surface area contributed by atoms with Crippen LogP contribution in [0.4, 0.5) is 0 Å². The number of benzene rings is 2. The normalized spacial score (nSPS) is 11.9. The first kappa shape index (κ1) is 21.7. The highest BCUT2D eigenvalue weighted by molar-refractivity contribution is 5.98. The van der Waals surface area contributed by atoms with Crippen molar-refractivity contribution in [2.24, 2.45) is 0 Å². The van der Waals surface area contributed by atoms with Gasteiger partial charge in [-0.05, 0) is 36.3 Å². The molecule has 0 radical (unpaired) electrons. The minimum Gasteiger partial charge on any atom is -0.497 e. The zero-order chi connectivity index (χ0) is 21.2. The van der Waals surface area contributed by atoms with E-state index < -0.39 is 23.9 Å². The maximum absolute atomic E-state index is 12.4. The van der Waals surface area contributed by atoms with Gasteiger partial charge in [0.05, 0.1) is 7.11 Å². The summed E-state index contributed by atoms with van der Waals surface area (Å²) in [6, 6.07) is 16.2. The average Bonchev–Trinajstić information content (AvgIpc) is 2.72. The summed E-state index contributed by atoms with van der Waals surface area (Å²) >= 11 is 0. The molecular weight excluding hydrogens is 372 g/mol. The van der Waals surface area contributed by atoms with Gasteiger partial charge in [0.2, 0.25) is 5.91 Å². The zero-order valence-corrected chi connectivity index (χ0v) is 16.6. The molecule has 1 atom stereocenters. The summed E-state index contributed by atoms with van der Waals surface area (Å²) in [4.78, 5) is 36.1. The molecule has 0 bridgehead atoms. The molecule has 152 valence electrons. The Morgan fingerprint density at radius 3 is 2.28 bits per heavy atom. The fourth-order valence-electron chi connectivity index (χ4n) is 2.41. The first-order chi connectivity index (χ1) is 13.9. The van der Waals surface area contributed by atoms with Crippen molar-refractivity contribution in [3.63, 3.8) is 0 Å². The lowest BCUT2D eigenvalue weighted by Gasteiger charge is -2.15. The number of hydrogen-bond donors (Lipinski definition) is 2. The second-order valence-electron chi connectivity index (χ2n) is 6.26. The molecule has 0 saturated carbocycles. The highest BCUT2D eigenvalue weighted by Gasteiger charge is 2.21. The van der Waals surface area contributed by atoms with Crippen LogP contribution in [0.3, 0.4) is 0 Å². The SMILES string of the molecule is COc1ccc(CNC(=O)[C@H](C)OC(=O)/C(=C/c2ccccc2)NC(C)=O)cc1. The number of carbonyl (C=O) groups excluding carboxylic acids is 3. The average molecular weight is 396 g/mol. The number of rotatable bonds is 8. The Bertz CT molecular complexity index is 876. The van der Waals surface area contributed by atoms with Crippen molar-refractivity contribution in [1.82, 2.24) is 10.6 Å². The molecule has 0 aromatic heterocycles. The van der Waals surface area contributed by atoms with E-state index in [4.69, 9.17) is 9.47 Å². The van der Waals surface area contributed by atoms with Gasteiger partial charge >= 0.3 is 5.97 Å². The van der Waals surface area contributed by atoms with Gasteiger partial charge in [0.15, 0.2) is 6.10 Å². The number of methoxy groups -OCH3 is 1. The van der Waals surface area contributed by atoms with Crippen LogP contribution < -0.4 is 15.4 Å². The van der Waals surface area contributed by atoms with Gasteiger partial charge in [0.1, 0.15) is 11.4 Å². The van der Waals surface area contributed by atoms with Gasteiger partial charge < -0.3 is 20.1 Å². The summed E-state index contributed by atoms with van der Waals surface area (Å²) in [6.07, 6.45) is 0.458. The fraction of sp³-hybridized carbons (Fsp3) is 0.227. The number of ether oxygens (including phenoxy) is 2. The summed E-state index contributed by atoms with van der Waals surface area (Å²) in [5.74, 6) is -0.939. The van der Waals surface area contributed by atoms with Crippen molar-refractivity contribution in [3.05, 3.63) is 71.4 Å². The number of esters is 1. The van der Waals surface area contributed by atoms with Gasteiger partial charge in [-0.3, -0.25) is 9.59 Å². The first-order valence-electron chi connectivity index (χ1n) is 9.05. The predicted molar refractivity (Wildman–Crippen MR) is 109 cm³/mol. The number of amides is 2. The van der Waals surface area contributed by atoms with E-state index in [9.17, 15) is 14.4 Å². The molecule has 0 aliphatic carbocycles. The molecule has 2 aromatic carbocycles. The topological polar surface area (TPSA) is 93.7 Å². The molecule has 0 unspecified atom stereocenters. The van der Waals surface area contributed by atoms with Crippen LogP contribution in [-0.2, 0) is 25.7 Å². The van der Waals surface area contributed by atoms with Crippen molar-refractivity contribution in [3.8, 4) is 5.75 Å². The van der Waals surface area contributed by atoms with E-state index >= 15 is 0 Å². The lowest BCUT2D eigenvalue weighted by Crippen LogP contribution is -2.37. The second-order valence-corrected chi connectivity index (χ2v) is 6.26. The van der Waals surface area contributed by atoms with E-state index in [1.54, 1.807) is 43.5 Å². The Morgan fingerprint density at radius 2 is 1.69 bits per heavy atom. The minimum absolute atomic E-state index is 0.0431. The van der Waals surface area contributed by atoms with Gasteiger partial charge in [-0.25, -0.2) is 4.79 Å². The smallest absolute Gasteiger partial charge is 0.355 e. The molecule has 7 nitrogen and oxygen atoms in total. The Morgan fingerprint density at radius 1 is 1.03 bits per heavy atom. The molecule has 2 rings (SSSR count). The van der Waals surface area contributed by atoms with E-state index in [0.29, 0.717) is 5.56 Å². The molecule has 0 aliphatic heterocycles. The third kappa shape index (κ3) is 7.14. The minimum atomic E-state index is -1.03. The summed E-state index contributed by atoms with van der Waals surface area (Å²) in [7, 11) is 1.58. The van der Waals surface area contributed by atoms with Crippen LogP contribution in [0.5, 0.6) is 5.75 Å². The highest BCUT2D eigenvalue weighted by Crippen LogP contribution is 2.11. The maximum atomic E-state index is 12.4. The van der Waals surface area contributed by atoms with Crippen LogP contribution >= 0.6 is 0 Å². The molecule has 7 heteroatoms. The van der Waals surface area contributed by atoms with Gasteiger partial charge in [-0.1, -0.05) is 42.5 Å². The van der Waals surface area contributed by atoms with Crippen molar-refractivity contribution < 1.29 is 23.9 Å². The predicted octanol–water partition coefficient (Wildman–Crippen LogP) is 2.42. The van der Waals surface area contributed by atoms with Crippen LogP contribution in [0.2, 0.25) is 0 Å². The number of hydrogen-bond acceptors (Lipinski definition) is 5. The summed E-state index contributed by atoms with van der Waals surface area (Å²) < 4.78 is 10.3. The number of carbonyl (C=O) groups is 3. The molecule has 0 heterocycles. The summed E-state index contributed by atoms with van der Waals surface area (Å²) in [6.45, 7) is 3.04. The molecular formula is C22H24N2O5. The Labute approximate surface area is 169 Å². The molecule has 2 N–H and O–H groups in total. The van der Waals surface area contributed by atoms with E-state index in [2.05, 4.69) is 10.6 Å². The maximum Gasteiger partial charge on any atom is 0.355 e. The lowest BCUT2D eigenvalue weighted by molar-refractivity contribution is -0.151. The molecule has 29 heavy (non-hydrogen) atoms. The fourth-order valence-corrected chi connectivity index (χ4v) is 2.41. The Balaban J connectivity index is 1.97. The van der Waals surface area contributed by atoms with E-state index in [-0.39, 0.29) is 12.2 Å². The van der Waals surface area contributed by atoms with Crippen LogP contribution in [0, 0.1) is 0 Å². The van der Waals surface area contributed by atoms with Crippen LogP contribution in [0.25, 0.3) is 6.08 Å². The Kier molecular flexibility index (Phi) is 7.97. The molecule has 0 aliphatic rings. The quantitative estimate of drug-likeness (QED) is 0.528. The molecule has 2 aromatic rings. The van der Waals surface area contributed by atoms with Crippen molar-refractivity contribution >= 4 is 23.9 Å². The van der Waals surface area contributed by atoms with Gasteiger partial charge in [-0.2, -0.15) is 0 Å². The third-order valence-electron chi connectivity index (χ3n) is 3.92. The van der Waals surface area contributed by atoms with Gasteiger partial charge in [0, 0.05) is 13.5 Å². The molecule has 0 spiro atoms. The van der Waals surface area contributed by atoms with Crippen LogP contribution in [0.15, 0.2) is 60.3 Å². The Hall–Kier alpha value is -3.61. The third-order valence-corrected chi connectivity index (χ3v) is 3.92. The lowest BCUT2D eigenvalue weighted by atomic mass is 10.2. The van der Waals surface area contributed by atoms with Crippen LogP contribution in [-0.4, -0.2) is 31.0 Å². The molecule has 0 saturated heterocycles. The van der Waals surface area contributed by atoms with E-state index in [1.165, 1.54) is 19.9 Å². The number of nitrogens with one attached hydrogen (secondary N) is 2. The molecule has 0 fully saturated rings. The zero-order valence-electron chi connectivity index (χ0n) is 16.6. The monoisotopic (exact) mass is 396 g/mol. The van der Waals surface area contributed by atoms with Crippen LogP contribution in [0.1, 0.15) is 25.0 Å². The summed E-state index contributed by atoms with van der Waals surface area (Å²) in [5.41, 5.74) is 1.55. The molecule has 2 amide bonds. The van der Waals surface area contributed by atoms with Gasteiger partial charge in [-0.15, -0.1) is 0 Å². The summed E-state index contributed by atoms with van der Waals surface area (Å²) in [5, 5.41) is 5.15. The van der Waals surface area contributed by atoms with Crippen molar-refractivity contribution in [1.29, 1.82) is 0 Å². The standard InChI is InChI=1S/C22H24N2O5/c1-15(21(26)23-14-18-9-11-19(28-3)12-10-18)29-22(27)20(24-16(2)25)13-17-7-5-4-6-8-17/h4-13,15H,14H2,1-3H3,(H,23,26)(H,24,25)/b20-13-/t15-/m0/s1. The van der Waals surface area contributed by atoms with Crippen molar-refractivity contribution in [2.45, 2.75) is 26.5 Å². The van der Waals surface area contributed by atoms with Crippen molar-refractivity contribution in [2.75, 3.05) is 7.11 Å². The van der Waals surface area contributed by atoms with E-state index in [1.807, 2.05) is 18.2 Å². The highest BCUT2D eigenvalue weighted by atomic mass is 16.5. The van der Waals surface area contributed by atoms with E-state index in [0.717, 1.165) is 11.3 Å². The largest absolute Gasteiger partial charge is 0.497 e. The first-order valence-corrected chi connectivity index (χ1v) is 9.05. The van der Waals surface area contributed by atoms with Gasteiger partial charge in [0.25, 0.3) is 5.91 Å². The second kappa shape index (κ2) is 10.7.